The molecule has 0 spiro atoms. The maximum Gasteiger partial charge on any atom is 0.354 e. The summed E-state index contributed by atoms with van der Waals surface area (Å²) in [6, 6.07) is 1.34. The molecule has 0 bridgehead atoms. The van der Waals surface area contributed by atoms with Crippen molar-refractivity contribution < 1.29 is 9.90 Å². The Morgan fingerprint density at radius 2 is 2.30 bits per heavy atom. The largest absolute Gasteiger partial charge is 0.477 e. The van der Waals surface area contributed by atoms with Gasteiger partial charge in [0.15, 0.2) is 5.69 Å². The number of carboxylic acids is 1. The number of aromatic nitrogens is 2. The van der Waals surface area contributed by atoms with Gasteiger partial charge < -0.3 is 5.11 Å². The van der Waals surface area contributed by atoms with Crippen LogP contribution in [0.15, 0.2) is 18.6 Å². The van der Waals surface area contributed by atoms with E-state index in [4.69, 9.17) is 5.11 Å². The van der Waals surface area contributed by atoms with Crippen molar-refractivity contribution in [2.24, 2.45) is 0 Å². The minimum Gasteiger partial charge on any atom is -0.477 e. The topological polar surface area (TPSA) is 63.1 Å². The third-order valence-corrected chi connectivity index (χ3v) is 0.801. The number of carbonyl (C=O) groups is 1. The van der Waals surface area contributed by atoms with Crippen LogP contribution in [0.3, 0.4) is 0 Å². The summed E-state index contributed by atoms with van der Waals surface area (Å²) in [7, 11) is 0. The third kappa shape index (κ3) is 2.85. The average molecular weight is 163 g/mol. The van der Waals surface area contributed by atoms with Crippen molar-refractivity contribution in [3.05, 3.63) is 24.3 Å². The molecule has 0 saturated heterocycles. The summed E-state index contributed by atoms with van der Waals surface area (Å²) in [5, 5.41) is 8.29. The van der Waals surface area contributed by atoms with Gasteiger partial charge in [-0.05, 0) is 6.07 Å². The Morgan fingerprint density at radius 1 is 1.60 bits per heavy atom. The van der Waals surface area contributed by atoms with Crippen LogP contribution >= 0.6 is 0 Å². The molecule has 5 heteroatoms. The normalized spacial score (nSPS) is 8.00. The van der Waals surface area contributed by atoms with Crippen molar-refractivity contribution in [2.75, 3.05) is 0 Å². The van der Waals surface area contributed by atoms with E-state index in [0.717, 1.165) is 0 Å². The monoisotopic (exact) mass is 163 g/mol. The first kappa shape index (κ1) is 10.2. The van der Waals surface area contributed by atoms with E-state index in [0.29, 0.717) is 0 Å². The van der Waals surface area contributed by atoms with Crippen molar-refractivity contribution in [3.63, 3.8) is 0 Å². The maximum absolute atomic E-state index is 10.1. The molecule has 0 unspecified atom stereocenters. The molecule has 10 heavy (non-hydrogen) atoms. The Kier molecular flexibility index (Phi) is 5.01. The van der Waals surface area contributed by atoms with Crippen LogP contribution in [0.4, 0.5) is 0 Å². The second-order valence-corrected chi connectivity index (χ2v) is 1.40. The van der Waals surface area contributed by atoms with Crippen LogP contribution in [-0.4, -0.2) is 72.4 Å². The molecule has 1 radical (unpaired) electrons. The van der Waals surface area contributed by atoms with Crippen molar-refractivity contribution in [1.29, 1.82) is 0 Å². The van der Waals surface area contributed by atoms with E-state index in [1.807, 2.05) is 0 Å². The summed E-state index contributed by atoms with van der Waals surface area (Å²) < 4.78 is 0. The van der Waals surface area contributed by atoms with Gasteiger partial charge in [-0.2, -0.15) is 0 Å². The van der Waals surface area contributed by atoms with Crippen molar-refractivity contribution in [3.8, 4) is 0 Å². The second-order valence-electron chi connectivity index (χ2n) is 1.40. The van der Waals surface area contributed by atoms with Crippen LogP contribution in [0.25, 0.3) is 0 Å². The van der Waals surface area contributed by atoms with Crippen molar-refractivity contribution in [2.45, 2.75) is 0 Å². The Labute approximate surface area is 100 Å². The summed E-state index contributed by atoms with van der Waals surface area (Å²) in [4.78, 5) is 17.1. The fourth-order valence-electron chi connectivity index (χ4n) is 0.417. The standard InChI is InChI=1S/C5H4N2O2.K/c8-5(9)4-1-2-6-3-7-4;/h1-3H,(H,8,9);. The maximum atomic E-state index is 10.1. The molecule has 1 heterocycles. The van der Waals surface area contributed by atoms with Crippen LogP contribution < -0.4 is 0 Å². The second kappa shape index (κ2) is 4.92. The number of hydrogen-bond acceptors (Lipinski definition) is 3. The molecule has 0 aliphatic carbocycles. The van der Waals surface area contributed by atoms with Crippen LogP contribution in [0.1, 0.15) is 10.5 Å². The minimum absolute atomic E-state index is 0. The van der Waals surface area contributed by atoms with E-state index in [-0.39, 0.29) is 57.1 Å². The van der Waals surface area contributed by atoms with Gasteiger partial charge in [-0.3, -0.25) is 0 Å². The van der Waals surface area contributed by atoms with Gasteiger partial charge in [-0.1, -0.05) is 0 Å². The Morgan fingerprint density at radius 3 is 2.60 bits per heavy atom. The predicted octanol–water partition coefficient (Wildman–Crippen LogP) is -0.206. The van der Waals surface area contributed by atoms with Crippen molar-refractivity contribution >= 4 is 57.4 Å². The molecule has 0 aromatic carbocycles. The Balaban J connectivity index is 0.000000810. The number of nitrogens with zero attached hydrogens (tertiary/aromatic N) is 2. The quantitative estimate of drug-likeness (QED) is 0.582. The molecule has 0 saturated carbocycles. The van der Waals surface area contributed by atoms with Crippen LogP contribution in [-0.2, 0) is 0 Å². The minimum atomic E-state index is -1.03. The van der Waals surface area contributed by atoms with E-state index in [1.54, 1.807) is 0 Å². The first-order valence-electron chi connectivity index (χ1n) is 2.30. The van der Waals surface area contributed by atoms with Crippen LogP contribution in [0.5, 0.6) is 0 Å². The molecule has 0 aliphatic heterocycles. The fourth-order valence-corrected chi connectivity index (χ4v) is 0.417. The van der Waals surface area contributed by atoms with Crippen LogP contribution in [0, 0.1) is 0 Å². The van der Waals surface area contributed by atoms with E-state index in [1.165, 1.54) is 18.6 Å². The molecule has 0 aliphatic rings. The Bertz CT molecular complexity index is 214. The Hall–Kier alpha value is 0.186. The molecule has 1 aromatic rings. The predicted molar refractivity (Wildman–Crippen MR) is 34.7 cm³/mol. The summed E-state index contributed by atoms with van der Waals surface area (Å²) in [6.45, 7) is 0. The van der Waals surface area contributed by atoms with Gasteiger partial charge in [0.05, 0.1) is 0 Å². The zero-order valence-corrected chi connectivity index (χ0v) is 8.61. The van der Waals surface area contributed by atoms with Gasteiger partial charge in [0.2, 0.25) is 0 Å². The number of hydrogen-bond donors (Lipinski definition) is 1. The summed E-state index contributed by atoms with van der Waals surface area (Å²) in [5.41, 5.74) is 0.0185. The van der Waals surface area contributed by atoms with Crippen molar-refractivity contribution in [1.82, 2.24) is 9.97 Å². The van der Waals surface area contributed by atoms with Gasteiger partial charge in [0.1, 0.15) is 6.33 Å². The molecular weight excluding hydrogens is 159 g/mol. The van der Waals surface area contributed by atoms with Crippen LogP contribution in [0.2, 0.25) is 0 Å². The summed E-state index contributed by atoms with van der Waals surface area (Å²) in [5.74, 6) is -1.03. The van der Waals surface area contributed by atoms with E-state index < -0.39 is 5.97 Å². The molecule has 0 atom stereocenters. The molecule has 0 fully saturated rings. The first-order chi connectivity index (χ1) is 4.30. The molecule has 1 N–H and O–H groups in total. The summed E-state index contributed by atoms with van der Waals surface area (Å²) >= 11 is 0. The molecule has 1 aromatic heterocycles. The van der Waals surface area contributed by atoms with E-state index >= 15 is 0 Å². The van der Waals surface area contributed by atoms with E-state index in [2.05, 4.69) is 9.97 Å². The molecule has 4 nitrogen and oxygen atoms in total. The smallest absolute Gasteiger partial charge is 0.354 e. The van der Waals surface area contributed by atoms with Gasteiger partial charge in [-0.15, -0.1) is 0 Å². The number of rotatable bonds is 1. The first-order valence-corrected chi connectivity index (χ1v) is 2.30. The number of aromatic carboxylic acids is 1. The van der Waals surface area contributed by atoms with Gasteiger partial charge in [-0.25, -0.2) is 14.8 Å². The van der Waals surface area contributed by atoms with Gasteiger partial charge in [0.25, 0.3) is 0 Å². The van der Waals surface area contributed by atoms with E-state index in [9.17, 15) is 4.79 Å². The molecule has 47 valence electrons. The summed E-state index contributed by atoms with van der Waals surface area (Å²) in [6.07, 6.45) is 2.58. The fraction of sp³-hybridized carbons (Fsp3) is 0. The zero-order valence-electron chi connectivity index (χ0n) is 5.48. The average Bonchev–Trinajstić information content (AvgIpc) is 1.90. The molecule has 0 amide bonds. The van der Waals surface area contributed by atoms with Gasteiger partial charge in [0, 0.05) is 57.6 Å². The molecule has 1 rings (SSSR count). The van der Waals surface area contributed by atoms with Gasteiger partial charge >= 0.3 is 5.97 Å². The third-order valence-electron chi connectivity index (χ3n) is 0.801. The SMILES string of the molecule is O=C(O)c1ccncn1.[K]. The molecular formula is C5H4KN2O2. The number of carboxylic acid groups (broad SMARTS) is 1. The zero-order chi connectivity index (χ0) is 6.69.